The second kappa shape index (κ2) is 7.95. The third-order valence-electron chi connectivity index (χ3n) is 5.18. The summed E-state index contributed by atoms with van der Waals surface area (Å²) < 4.78 is 78.4. The van der Waals surface area contributed by atoms with Gasteiger partial charge in [-0.1, -0.05) is 0 Å². The van der Waals surface area contributed by atoms with Crippen LogP contribution in [0.2, 0.25) is 0 Å². The third-order valence-corrected chi connectivity index (χ3v) is 5.18. The number of fused-ring (bicyclic) bond motifs is 1. The van der Waals surface area contributed by atoms with Crippen molar-refractivity contribution in [3.63, 3.8) is 0 Å². The average Bonchev–Trinajstić information content (AvgIpc) is 3.18. The van der Waals surface area contributed by atoms with Crippen LogP contribution >= 0.6 is 0 Å². The standard InChI is InChI=1S/C21H16F6N4O/c22-20(23,24)13-6-4-12(5-7-13)19(32)29-16-2-1-3-17-15(16)11-31(30-17)14-8-9-28-18(10-14)21(25,26)27/h4-11,16H,1-3H2,(H,29,32)/t16-/m0/s1. The molecule has 0 saturated heterocycles. The number of amides is 1. The van der Waals surface area contributed by atoms with Gasteiger partial charge in [0.1, 0.15) is 5.69 Å². The zero-order valence-corrected chi connectivity index (χ0v) is 16.3. The van der Waals surface area contributed by atoms with E-state index in [2.05, 4.69) is 15.4 Å². The maximum atomic E-state index is 13.0. The summed E-state index contributed by atoms with van der Waals surface area (Å²) in [4.78, 5) is 15.9. The molecule has 1 aliphatic carbocycles. The summed E-state index contributed by atoms with van der Waals surface area (Å²) in [5.41, 5.74) is -0.362. The van der Waals surface area contributed by atoms with Gasteiger partial charge in [0.15, 0.2) is 0 Å². The molecule has 1 aliphatic rings. The fraction of sp³-hybridized carbons (Fsp3) is 0.286. The summed E-state index contributed by atoms with van der Waals surface area (Å²) >= 11 is 0. The van der Waals surface area contributed by atoms with Crippen LogP contribution in [0.3, 0.4) is 0 Å². The zero-order chi connectivity index (χ0) is 23.1. The number of carbonyl (C=O) groups is 1. The Morgan fingerprint density at radius 2 is 1.75 bits per heavy atom. The minimum Gasteiger partial charge on any atom is -0.345 e. The lowest BCUT2D eigenvalue weighted by atomic mass is 9.93. The first kappa shape index (κ1) is 21.8. The fourth-order valence-electron chi connectivity index (χ4n) is 3.59. The second-order valence-electron chi connectivity index (χ2n) is 7.37. The quantitative estimate of drug-likeness (QED) is 0.560. The Hall–Kier alpha value is -3.37. The van der Waals surface area contributed by atoms with Crippen molar-refractivity contribution >= 4 is 5.91 Å². The average molecular weight is 454 g/mol. The Balaban J connectivity index is 1.56. The van der Waals surface area contributed by atoms with Gasteiger partial charge >= 0.3 is 12.4 Å². The number of rotatable bonds is 3. The van der Waals surface area contributed by atoms with Crippen LogP contribution < -0.4 is 5.32 Å². The van der Waals surface area contributed by atoms with E-state index in [0.717, 1.165) is 36.5 Å². The Labute approximate surface area is 178 Å². The molecule has 2 heterocycles. The number of hydrogen-bond donors (Lipinski definition) is 1. The summed E-state index contributed by atoms with van der Waals surface area (Å²) in [5.74, 6) is -0.549. The largest absolute Gasteiger partial charge is 0.433 e. The van der Waals surface area contributed by atoms with Crippen molar-refractivity contribution in [2.45, 2.75) is 37.7 Å². The molecule has 3 aromatic rings. The summed E-state index contributed by atoms with van der Waals surface area (Å²) in [6.45, 7) is 0. The number of aryl methyl sites for hydroxylation is 1. The highest BCUT2D eigenvalue weighted by atomic mass is 19.4. The van der Waals surface area contributed by atoms with Crippen LogP contribution in [-0.2, 0) is 18.8 Å². The van der Waals surface area contributed by atoms with Crippen molar-refractivity contribution in [1.29, 1.82) is 0 Å². The molecule has 0 radical (unpaired) electrons. The molecule has 0 unspecified atom stereocenters. The minimum absolute atomic E-state index is 0.0708. The van der Waals surface area contributed by atoms with Gasteiger partial charge in [0.2, 0.25) is 0 Å². The second-order valence-corrected chi connectivity index (χ2v) is 7.37. The van der Waals surface area contributed by atoms with E-state index >= 15 is 0 Å². The van der Waals surface area contributed by atoms with E-state index in [1.807, 2.05) is 0 Å². The SMILES string of the molecule is O=C(N[C@H]1CCCc2nn(-c3ccnc(C(F)(F)F)c3)cc21)c1ccc(C(F)(F)F)cc1. The summed E-state index contributed by atoms with van der Waals surface area (Å²) in [5, 5.41) is 7.14. The van der Waals surface area contributed by atoms with Crippen LogP contribution in [0, 0.1) is 0 Å². The first-order valence-electron chi connectivity index (χ1n) is 9.62. The predicted molar refractivity (Wildman–Crippen MR) is 101 cm³/mol. The van der Waals surface area contributed by atoms with Crippen molar-refractivity contribution in [1.82, 2.24) is 20.1 Å². The Morgan fingerprint density at radius 3 is 2.41 bits per heavy atom. The van der Waals surface area contributed by atoms with E-state index in [1.54, 1.807) is 6.20 Å². The number of carbonyl (C=O) groups excluding carboxylic acids is 1. The van der Waals surface area contributed by atoms with Crippen molar-refractivity contribution in [2.24, 2.45) is 0 Å². The van der Waals surface area contributed by atoms with Gasteiger partial charge in [-0.25, -0.2) is 4.68 Å². The number of nitrogens with zero attached hydrogens (tertiary/aromatic N) is 3. The molecule has 0 saturated carbocycles. The van der Waals surface area contributed by atoms with Crippen LogP contribution in [0.5, 0.6) is 0 Å². The molecule has 2 aromatic heterocycles. The number of hydrogen-bond acceptors (Lipinski definition) is 3. The molecule has 11 heteroatoms. The van der Waals surface area contributed by atoms with Crippen molar-refractivity contribution in [3.8, 4) is 5.69 Å². The normalized spacial score (nSPS) is 16.5. The van der Waals surface area contributed by atoms with Crippen molar-refractivity contribution in [3.05, 3.63) is 76.9 Å². The van der Waals surface area contributed by atoms with Gasteiger partial charge in [0.25, 0.3) is 5.91 Å². The van der Waals surface area contributed by atoms with Crippen LogP contribution in [0.25, 0.3) is 5.69 Å². The molecule has 1 aromatic carbocycles. The highest BCUT2D eigenvalue weighted by Gasteiger charge is 2.33. The zero-order valence-electron chi connectivity index (χ0n) is 16.3. The molecule has 4 rings (SSSR count). The summed E-state index contributed by atoms with van der Waals surface area (Å²) in [7, 11) is 0. The monoisotopic (exact) mass is 454 g/mol. The van der Waals surface area contributed by atoms with Gasteiger partial charge in [-0.05, 0) is 55.7 Å². The van der Waals surface area contributed by atoms with Crippen LogP contribution in [-0.4, -0.2) is 20.7 Å². The smallest absolute Gasteiger partial charge is 0.345 e. The Kier molecular flexibility index (Phi) is 5.43. The van der Waals surface area contributed by atoms with Crippen LogP contribution in [0.4, 0.5) is 26.3 Å². The molecular formula is C21H16F6N4O. The minimum atomic E-state index is -4.60. The van der Waals surface area contributed by atoms with Gasteiger partial charge in [-0.15, -0.1) is 0 Å². The number of aromatic nitrogens is 3. The lowest BCUT2D eigenvalue weighted by Gasteiger charge is -2.22. The summed E-state index contributed by atoms with van der Waals surface area (Å²) in [6, 6.07) is 5.67. The molecule has 1 amide bonds. The molecule has 0 bridgehead atoms. The number of pyridine rings is 1. The van der Waals surface area contributed by atoms with E-state index in [9.17, 15) is 31.1 Å². The third kappa shape index (κ3) is 4.46. The van der Waals surface area contributed by atoms with E-state index in [4.69, 9.17) is 0 Å². The number of alkyl halides is 6. The van der Waals surface area contributed by atoms with E-state index in [-0.39, 0.29) is 11.3 Å². The van der Waals surface area contributed by atoms with Crippen LogP contribution in [0.1, 0.15) is 51.8 Å². The molecule has 168 valence electrons. The summed E-state index contributed by atoms with van der Waals surface area (Å²) in [6.07, 6.45) is -4.65. The predicted octanol–water partition coefficient (Wildman–Crippen LogP) is 5.11. The number of benzene rings is 1. The highest BCUT2D eigenvalue weighted by molar-refractivity contribution is 5.94. The lowest BCUT2D eigenvalue weighted by molar-refractivity contribution is -0.141. The number of halogens is 6. The molecule has 0 fully saturated rings. The molecule has 0 aliphatic heterocycles. The van der Waals surface area contributed by atoms with E-state index in [0.29, 0.717) is 30.5 Å². The molecule has 32 heavy (non-hydrogen) atoms. The van der Waals surface area contributed by atoms with Crippen LogP contribution in [0.15, 0.2) is 48.8 Å². The van der Waals surface area contributed by atoms with Gasteiger partial charge in [-0.3, -0.25) is 9.78 Å². The maximum Gasteiger partial charge on any atom is 0.433 e. The van der Waals surface area contributed by atoms with Crippen molar-refractivity contribution in [2.75, 3.05) is 0 Å². The highest BCUT2D eigenvalue weighted by Crippen LogP contribution is 2.32. The van der Waals surface area contributed by atoms with E-state index < -0.39 is 35.6 Å². The fourth-order valence-corrected chi connectivity index (χ4v) is 3.59. The first-order valence-corrected chi connectivity index (χ1v) is 9.62. The van der Waals surface area contributed by atoms with Gasteiger partial charge < -0.3 is 5.32 Å². The number of nitrogens with one attached hydrogen (secondary N) is 1. The molecule has 1 N–H and O–H groups in total. The van der Waals surface area contributed by atoms with Crippen molar-refractivity contribution < 1.29 is 31.1 Å². The maximum absolute atomic E-state index is 13.0. The topological polar surface area (TPSA) is 59.8 Å². The lowest BCUT2D eigenvalue weighted by Crippen LogP contribution is -2.30. The van der Waals surface area contributed by atoms with Gasteiger partial charge in [0.05, 0.1) is 23.0 Å². The van der Waals surface area contributed by atoms with E-state index in [1.165, 1.54) is 10.7 Å². The first-order chi connectivity index (χ1) is 15.0. The molecule has 1 atom stereocenters. The van der Waals surface area contributed by atoms with Gasteiger partial charge in [-0.2, -0.15) is 31.4 Å². The molecule has 0 spiro atoms. The van der Waals surface area contributed by atoms with Gasteiger partial charge in [0, 0.05) is 23.5 Å². The molecular weight excluding hydrogens is 438 g/mol. The Bertz CT molecular complexity index is 1130. The molecule has 5 nitrogen and oxygen atoms in total. The Morgan fingerprint density at radius 1 is 1.03 bits per heavy atom.